The molecule has 2 fully saturated rings. The minimum atomic E-state index is -0.319. The Hall–Kier alpha value is -3.92. The summed E-state index contributed by atoms with van der Waals surface area (Å²) in [7, 11) is 1.77. The molecule has 0 amide bonds. The molecule has 0 bridgehead atoms. The van der Waals surface area contributed by atoms with Crippen molar-refractivity contribution in [1.82, 2.24) is 24.6 Å². The molecule has 5 heterocycles. The molecule has 1 saturated heterocycles. The van der Waals surface area contributed by atoms with Crippen LogP contribution in [0.15, 0.2) is 42.7 Å². The highest BCUT2D eigenvalue weighted by Gasteiger charge is 2.46. The Morgan fingerprint density at radius 3 is 2.94 bits per heavy atom. The Morgan fingerprint density at radius 2 is 2.12 bits per heavy atom. The minimum absolute atomic E-state index is 0.218. The first-order chi connectivity index (χ1) is 16.6. The van der Waals surface area contributed by atoms with Crippen molar-refractivity contribution in [3.05, 3.63) is 48.5 Å². The topological polar surface area (TPSA) is 109 Å². The molecule has 4 aromatic heterocycles. The van der Waals surface area contributed by atoms with E-state index < -0.39 is 0 Å². The Morgan fingerprint density at radius 1 is 1.21 bits per heavy atom. The molecule has 0 radical (unpaired) electrons. The van der Waals surface area contributed by atoms with Crippen molar-refractivity contribution < 1.29 is 9.13 Å². The zero-order valence-electron chi connectivity index (χ0n) is 18.5. The fourth-order valence-electron chi connectivity index (χ4n) is 5.49. The van der Waals surface area contributed by atoms with Crippen molar-refractivity contribution in [1.29, 1.82) is 0 Å². The predicted molar refractivity (Wildman–Crippen MR) is 128 cm³/mol. The zero-order valence-corrected chi connectivity index (χ0v) is 18.5. The molecule has 0 unspecified atom stereocenters. The Balaban J connectivity index is 1.40. The number of nitrogens with one attached hydrogen (secondary N) is 2. The third-order valence-corrected chi connectivity index (χ3v) is 7.25. The van der Waals surface area contributed by atoms with Crippen molar-refractivity contribution in [2.45, 2.75) is 12.5 Å². The fraction of sp³-hybridized carbons (Fsp3) is 0.292. The number of ether oxygens (including phenoxy) is 1. The average Bonchev–Trinajstić information content (AvgIpc) is 3.52. The summed E-state index contributed by atoms with van der Waals surface area (Å²) in [6.07, 6.45) is 4.54. The summed E-state index contributed by atoms with van der Waals surface area (Å²) in [5.74, 6) is 2.00. The smallest absolute Gasteiger partial charge is 0.326 e. The van der Waals surface area contributed by atoms with Crippen molar-refractivity contribution in [3.63, 3.8) is 0 Å². The quantitative estimate of drug-likeness (QED) is 0.378. The van der Waals surface area contributed by atoms with Gasteiger partial charge in [-0.25, -0.2) is 8.91 Å². The van der Waals surface area contributed by atoms with Crippen molar-refractivity contribution in [2.75, 3.05) is 30.4 Å². The van der Waals surface area contributed by atoms with Gasteiger partial charge in [0, 0.05) is 37.8 Å². The summed E-state index contributed by atoms with van der Waals surface area (Å²) < 4.78 is 22.3. The fourth-order valence-corrected chi connectivity index (χ4v) is 5.49. The van der Waals surface area contributed by atoms with Gasteiger partial charge in [0.1, 0.15) is 23.0 Å². The monoisotopic (exact) mass is 458 g/mol. The van der Waals surface area contributed by atoms with Gasteiger partial charge in [-0.1, -0.05) is 0 Å². The Labute approximate surface area is 193 Å². The van der Waals surface area contributed by atoms with Crippen LogP contribution in [0.1, 0.15) is 6.42 Å². The number of nitrogens with two attached hydrogens (primary N) is 1. The maximum Gasteiger partial charge on any atom is 0.326 e. The lowest BCUT2D eigenvalue weighted by atomic mass is 9.72. The first kappa shape index (κ1) is 19.5. The van der Waals surface area contributed by atoms with Crippen LogP contribution in [0.4, 0.5) is 15.9 Å². The van der Waals surface area contributed by atoms with E-state index in [0.717, 1.165) is 47.1 Å². The summed E-state index contributed by atoms with van der Waals surface area (Å²) >= 11 is 0. The largest absolute Gasteiger partial charge is 0.423 e. The maximum atomic E-state index is 14.5. The van der Waals surface area contributed by atoms with Crippen LogP contribution in [0.3, 0.4) is 0 Å². The highest BCUT2D eigenvalue weighted by molar-refractivity contribution is 6.14. The number of aromatic amines is 1. The second-order valence-electron chi connectivity index (χ2n) is 9.20. The van der Waals surface area contributed by atoms with Crippen LogP contribution in [0.2, 0.25) is 0 Å². The number of hydrogen-bond donors (Lipinski definition) is 3. The van der Waals surface area contributed by atoms with Gasteiger partial charge in [0.2, 0.25) is 0 Å². The Bertz CT molecular complexity index is 1580. The van der Waals surface area contributed by atoms with E-state index in [2.05, 4.69) is 25.3 Å². The third-order valence-electron chi connectivity index (χ3n) is 7.25. The van der Waals surface area contributed by atoms with Gasteiger partial charge >= 0.3 is 6.01 Å². The SMILES string of the molecule is CNc1cc(F)cc2c1[nH]c1nc(Oc3ccc4ccnn4c3)nc(N3C[C@H]4C[C@@H](N)[C@H]4C3)c12. The number of nitrogens with zero attached hydrogens (tertiary/aromatic N) is 5. The molecular weight excluding hydrogens is 435 g/mol. The van der Waals surface area contributed by atoms with Crippen molar-refractivity contribution in [2.24, 2.45) is 17.6 Å². The molecule has 9 nitrogen and oxygen atoms in total. The average molecular weight is 459 g/mol. The number of pyridine rings is 1. The van der Waals surface area contributed by atoms with Gasteiger partial charge in [-0.2, -0.15) is 15.1 Å². The van der Waals surface area contributed by atoms with Crippen LogP contribution >= 0.6 is 0 Å². The first-order valence-corrected chi connectivity index (χ1v) is 11.4. The second kappa shape index (κ2) is 7.04. The molecule has 34 heavy (non-hydrogen) atoms. The molecule has 0 spiro atoms. The van der Waals surface area contributed by atoms with Gasteiger partial charge in [0.25, 0.3) is 0 Å². The number of halogens is 1. The van der Waals surface area contributed by atoms with E-state index in [1.165, 1.54) is 12.1 Å². The molecule has 1 aliphatic carbocycles. The first-order valence-electron chi connectivity index (χ1n) is 11.4. The summed E-state index contributed by atoms with van der Waals surface area (Å²) in [5, 5.41) is 8.86. The molecule has 1 aromatic carbocycles. The molecular formula is C24H23FN8O. The van der Waals surface area contributed by atoms with E-state index in [0.29, 0.717) is 28.9 Å². The second-order valence-corrected chi connectivity index (χ2v) is 9.20. The van der Waals surface area contributed by atoms with E-state index in [4.69, 9.17) is 15.5 Å². The number of hydrogen-bond acceptors (Lipinski definition) is 7. The van der Waals surface area contributed by atoms with Crippen LogP contribution in [0.5, 0.6) is 11.8 Å². The number of rotatable bonds is 4. The van der Waals surface area contributed by atoms with Gasteiger partial charge in [-0.3, -0.25) is 0 Å². The number of H-pyrrole nitrogens is 1. The molecule has 10 heteroatoms. The van der Waals surface area contributed by atoms with Crippen LogP contribution in [0.25, 0.3) is 27.5 Å². The van der Waals surface area contributed by atoms with Crippen molar-refractivity contribution >= 4 is 39.0 Å². The van der Waals surface area contributed by atoms with Gasteiger partial charge in [-0.15, -0.1) is 0 Å². The van der Waals surface area contributed by atoms with Gasteiger partial charge in [0.05, 0.1) is 28.3 Å². The number of fused-ring (bicyclic) bond motifs is 5. The van der Waals surface area contributed by atoms with E-state index in [-0.39, 0.29) is 17.9 Å². The normalized spacial score (nSPS) is 21.9. The number of anilines is 2. The lowest BCUT2D eigenvalue weighted by Crippen LogP contribution is -2.46. The molecule has 3 atom stereocenters. The van der Waals surface area contributed by atoms with Crippen LogP contribution in [0, 0.1) is 17.7 Å². The molecule has 2 aliphatic rings. The highest BCUT2D eigenvalue weighted by atomic mass is 19.1. The van der Waals surface area contributed by atoms with Crippen LogP contribution < -0.4 is 20.7 Å². The molecule has 1 aliphatic heterocycles. The van der Waals surface area contributed by atoms with E-state index >= 15 is 0 Å². The standard InChI is InChI=1S/C24H23FN8O/c1-27-19-8-13(25)7-16-20-22(29-21(16)19)30-24(34-15-3-2-14-4-5-28-33(14)10-15)31-23(20)32-9-12-6-18(26)17(12)11-32/h2-5,7-8,10,12,17-18,27H,6,9,11,26H2,1H3,(H,29,30,31)/t12-,17+,18-/m1/s1. The number of benzene rings is 1. The molecule has 4 N–H and O–H groups in total. The van der Waals surface area contributed by atoms with Gasteiger partial charge in [0.15, 0.2) is 0 Å². The van der Waals surface area contributed by atoms with Crippen molar-refractivity contribution in [3.8, 4) is 11.8 Å². The van der Waals surface area contributed by atoms with Gasteiger partial charge < -0.3 is 25.7 Å². The van der Waals surface area contributed by atoms with E-state index in [1.807, 2.05) is 18.2 Å². The summed E-state index contributed by atoms with van der Waals surface area (Å²) in [4.78, 5) is 15.1. The maximum absolute atomic E-state index is 14.5. The highest BCUT2D eigenvalue weighted by Crippen LogP contribution is 2.44. The summed E-state index contributed by atoms with van der Waals surface area (Å²) in [5.41, 5.74) is 9.26. The van der Waals surface area contributed by atoms with Gasteiger partial charge in [-0.05, 0) is 48.6 Å². The number of aromatic nitrogens is 5. The lowest BCUT2D eigenvalue weighted by Gasteiger charge is -2.36. The van der Waals surface area contributed by atoms with Crippen LogP contribution in [-0.2, 0) is 0 Å². The Kier molecular flexibility index (Phi) is 4.04. The van der Waals surface area contributed by atoms with E-state index in [1.54, 1.807) is 24.0 Å². The molecule has 7 rings (SSSR count). The lowest BCUT2D eigenvalue weighted by molar-refractivity contribution is 0.194. The molecule has 1 saturated carbocycles. The third kappa shape index (κ3) is 2.84. The molecule has 172 valence electrons. The summed E-state index contributed by atoms with van der Waals surface area (Å²) in [6.45, 7) is 1.68. The molecule has 5 aromatic rings. The minimum Gasteiger partial charge on any atom is -0.423 e. The zero-order chi connectivity index (χ0) is 23.0. The predicted octanol–water partition coefficient (Wildman–Crippen LogP) is 3.52. The summed E-state index contributed by atoms with van der Waals surface area (Å²) in [6, 6.07) is 9.14. The van der Waals surface area contributed by atoms with Crippen LogP contribution in [-0.4, -0.2) is 50.7 Å². The van der Waals surface area contributed by atoms with E-state index in [9.17, 15) is 4.39 Å².